The van der Waals surface area contributed by atoms with Crippen LogP contribution in [0.15, 0.2) is 53.4 Å². The average molecular weight is 385 g/mol. The number of hydrazine groups is 1. The van der Waals surface area contributed by atoms with Gasteiger partial charge in [0.05, 0.1) is 4.91 Å². The number of amides is 1. The maximum Gasteiger partial charge on any atom is 0.280 e. The Balaban J connectivity index is 1.78. The zero-order valence-electron chi connectivity index (χ0n) is 14.9. The minimum Gasteiger partial charge on any atom is -0.457 e. The maximum absolute atomic E-state index is 12.0. The van der Waals surface area contributed by atoms with E-state index in [4.69, 9.17) is 22.8 Å². The second-order valence-corrected chi connectivity index (χ2v) is 8.68. The van der Waals surface area contributed by atoms with Gasteiger partial charge in [0.15, 0.2) is 4.32 Å². The molecule has 0 saturated carbocycles. The molecule has 0 radical (unpaired) electrons. The molecular formula is C20H20N2O2S2. The van der Waals surface area contributed by atoms with Crippen LogP contribution in [0.2, 0.25) is 0 Å². The molecule has 0 bridgehead atoms. The van der Waals surface area contributed by atoms with Crippen molar-refractivity contribution in [1.29, 1.82) is 0 Å². The minimum atomic E-state index is -0.288. The first-order chi connectivity index (χ1) is 12.2. The maximum atomic E-state index is 12.0. The van der Waals surface area contributed by atoms with Gasteiger partial charge in [-0.05, 0) is 46.9 Å². The number of ether oxygens (including phenoxy) is 1. The van der Waals surface area contributed by atoms with Gasteiger partial charge in [-0.3, -0.25) is 4.79 Å². The van der Waals surface area contributed by atoms with Gasteiger partial charge < -0.3 is 4.74 Å². The standard InChI is InChI=1S/C20H20N2O2S2/c1-20(2,3)14-7-9-15(10-8-14)24-16-6-4-5-13(11-16)12-17-18(23)22(21)19(25)26-17/h4-12H,21H2,1-3H3. The summed E-state index contributed by atoms with van der Waals surface area (Å²) in [6.07, 6.45) is 1.77. The van der Waals surface area contributed by atoms with Crippen LogP contribution in [0.25, 0.3) is 6.08 Å². The zero-order chi connectivity index (χ0) is 18.9. The molecule has 3 rings (SSSR count). The third-order valence-electron chi connectivity index (χ3n) is 3.94. The van der Waals surface area contributed by atoms with E-state index in [1.165, 1.54) is 17.3 Å². The van der Waals surface area contributed by atoms with E-state index in [0.29, 0.717) is 15.0 Å². The summed E-state index contributed by atoms with van der Waals surface area (Å²) in [5.41, 5.74) is 2.21. The van der Waals surface area contributed by atoms with Crippen LogP contribution < -0.4 is 10.6 Å². The van der Waals surface area contributed by atoms with E-state index in [1.54, 1.807) is 6.08 Å². The molecule has 0 aliphatic carbocycles. The fraction of sp³-hybridized carbons (Fsp3) is 0.200. The normalized spacial score (nSPS) is 16.5. The first-order valence-corrected chi connectivity index (χ1v) is 9.37. The number of rotatable bonds is 3. The van der Waals surface area contributed by atoms with Gasteiger partial charge in [0.2, 0.25) is 0 Å². The zero-order valence-corrected chi connectivity index (χ0v) is 16.5. The highest BCUT2D eigenvalue weighted by Crippen LogP contribution is 2.32. The van der Waals surface area contributed by atoms with Crippen molar-refractivity contribution in [3.63, 3.8) is 0 Å². The Labute approximate surface area is 163 Å². The number of carbonyl (C=O) groups excluding carboxylic acids is 1. The minimum absolute atomic E-state index is 0.105. The lowest BCUT2D eigenvalue weighted by Crippen LogP contribution is -2.34. The largest absolute Gasteiger partial charge is 0.457 e. The Morgan fingerprint density at radius 1 is 1.12 bits per heavy atom. The lowest BCUT2D eigenvalue weighted by atomic mass is 9.87. The highest BCUT2D eigenvalue weighted by Gasteiger charge is 2.29. The predicted molar refractivity (Wildman–Crippen MR) is 111 cm³/mol. The summed E-state index contributed by atoms with van der Waals surface area (Å²) in [5.74, 6) is 6.78. The van der Waals surface area contributed by atoms with E-state index in [0.717, 1.165) is 16.3 Å². The quantitative estimate of drug-likeness (QED) is 0.355. The van der Waals surface area contributed by atoms with Crippen molar-refractivity contribution in [3.05, 3.63) is 64.6 Å². The van der Waals surface area contributed by atoms with E-state index >= 15 is 0 Å². The van der Waals surface area contributed by atoms with Crippen LogP contribution in [0, 0.1) is 0 Å². The molecule has 2 aromatic rings. The average Bonchev–Trinajstić information content (AvgIpc) is 2.82. The molecule has 134 valence electrons. The highest BCUT2D eigenvalue weighted by atomic mass is 32.2. The Hall–Kier alpha value is -2.15. The van der Waals surface area contributed by atoms with Gasteiger partial charge in [-0.15, -0.1) is 0 Å². The number of nitrogens with zero attached hydrogens (tertiary/aromatic N) is 1. The van der Waals surface area contributed by atoms with Gasteiger partial charge in [-0.1, -0.05) is 69.0 Å². The molecule has 0 atom stereocenters. The SMILES string of the molecule is CC(C)(C)c1ccc(Oc2cccc(C=C3SC(=S)N(N)C3=O)c2)cc1. The molecule has 26 heavy (non-hydrogen) atoms. The van der Waals surface area contributed by atoms with Crippen molar-refractivity contribution in [2.45, 2.75) is 26.2 Å². The molecule has 6 heteroatoms. The van der Waals surface area contributed by atoms with Gasteiger partial charge in [-0.2, -0.15) is 0 Å². The van der Waals surface area contributed by atoms with Gasteiger partial charge in [0.1, 0.15) is 11.5 Å². The van der Waals surface area contributed by atoms with Crippen molar-refractivity contribution >= 4 is 40.3 Å². The van der Waals surface area contributed by atoms with Gasteiger partial charge in [0, 0.05) is 0 Å². The molecule has 0 spiro atoms. The van der Waals surface area contributed by atoms with E-state index < -0.39 is 0 Å². The highest BCUT2D eigenvalue weighted by molar-refractivity contribution is 8.26. The summed E-state index contributed by atoms with van der Waals surface area (Å²) in [6, 6.07) is 15.6. The number of hydrogen-bond donors (Lipinski definition) is 1. The lowest BCUT2D eigenvalue weighted by Gasteiger charge is -2.19. The van der Waals surface area contributed by atoms with Crippen molar-refractivity contribution in [3.8, 4) is 11.5 Å². The Morgan fingerprint density at radius 3 is 2.38 bits per heavy atom. The summed E-state index contributed by atoms with van der Waals surface area (Å²) in [6.45, 7) is 6.53. The molecule has 2 N–H and O–H groups in total. The van der Waals surface area contributed by atoms with Crippen LogP contribution in [0.1, 0.15) is 31.9 Å². The topological polar surface area (TPSA) is 55.6 Å². The second-order valence-electron chi connectivity index (χ2n) is 7.00. The van der Waals surface area contributed by atoms with Crippen molar-refractivity contribution < 1.29 is 9.53 Å². The molecule has 0 aromatic heterocycles. The molecule has 1 amide bonds. The third kappa shape index (κ3) is 4.15. The van der Waals surface area contributed by atoms with Gasteiger partial charge in [-0.25, -0.2) is 10.9 Å². The molecule has 0 unspecified atom stereocenters. The predicted octanol–water partition coefficient (Wildman–Crippen LogP) is 4.85. The Bertz CT molecular complexity index is 883. The number of hydrogen-bond acceptors (Lipinski definition) is 5. The van der Waals surface area contributed by atoms with Crippen LogP contribution in [0.4, 0.5) is 0 Å². The molecular weight excluding hydrogens is 364 g/mol. The molecule has 1 fully saturated rings. The summed E-state index contributed by atoms with van der Waals surface area (Å²) in [7, 11) is 0. The van der Waals surface area contributed by atoms with Crippen molar-refractivity contribution in [1.82, 2.24) is 5.01 Å². The Kier molecular flexibility index (Phi) is 5.18. The van der Waals surface area contributed by atoms with Crippen LogP contribution in [-0.4, -0.2) is 15.2 Å². The molecule has 1 saturated heterocycles. The number of carbonyl (C=O) groups is 1. The number of thioether (sulfide) groups is 1. The Morgan fingerprint density at radius 2 is 1.81 bits per heavy atom. The van der Waals surface area contributed by atoms with Gasteiger partial charge in [0.25, 0.3) is 5.91 Å². The van der Waals surface area contributed by atoms with Crippen molar-refractivity contribution in [2.75, 3.05) is 0 Å². The second kappa shape index (κ2) is 7.23. The fourth-order valence-electron chi connectivity index (χ4n) is 2.46. The smallest absolute Gasteiger partial charge is 0.280 e. The van der Waals surface area contributed by atoms with Gasteiger partial charge >= 0.3 is 0 Å². The van der Waals surface area contributed by atoms with Crippen LogP contribution in [0.5, 0.6) is 11.5 Å². The van der Waals surface area contributed by atoms with Crippen molar-refractivity contribution in [2.24, 2.45) is 5.84 Å². The summed E-state index contributed by atoms with van der Waals surface area (Å²) in [4.78, 5) is 12.5. The van der Waals surface area contributed by atoms with E-state index in [-0.39, 0.29) is 11.3 Å². The number of benzene rings is 2. The molecule has 2 aromatic carbocycles. The molecule has 1 aliphatic rings. The molecule has 1 heterocycles. The number of thiocarbonyl (C=S) groups is 1. The van der Waals surface area contributed by atoms with E-state index in [9.17, 15) is 4.79 Å². The monoisotopic (exact) mass is 384 g/mol. The first kappa shape index (κ1) is 18.6. The number of nitrogens with two attached hydrogens (primary N) is 1. The fourth-order valence-corrected chi connectivity index (χ4v) is 3.56. The third-order valence-corrected chi connectivity index (χ3v) is 5.27. The summed E-state index contributed by atoms with van der Waals surface area (Å²) < 4.78 is 6.29. The molecule has 1 aliphatic heterocycles. The lowest BCUT2D eigenvalue weighted by molar-refractivity contribution is -0.122. The van der Waals surface area contributed by atoms with E-state index in [2.05, 4.69) is 32.9 Å². The van der Waals surface area contributed by atoms with Crippen LogP contribution in [-0.2, 0) is 10.2 Å². The van der Waals surface area contributed by atoms with Crippen LogP contribution in [0.3, 0.4) is 0 Å². The van der Waals surface area contributed by atoms with E-state index in [1.807, 2.05) is 36.4 Å². The molecule has 4 nitrogen and oxygen atoms in total. The summed E-state index contributed by atoms with van der Waals surface area (Å²) in [5, 5.41) is 0.989. The first-order valence-electron chi connectivity index (χ1n) is 8.15. The van der Waals surface area contributed by atoms with Crippen LogP contribution >= 0.6 is 24.0 Å². The summed E-state index contributed by atoms with van der Waals surface area (Å²) >= 11 is 6.23.